The average Bonchev–Trinajstić information content (AvgIpc) is 3.35. The van der Waals surface area contributed by atoms with Gasteiger partial charge in [-0.1, -0.05) is 54.8 Å². The molecule has 0 unspecified atom stereocenters. The summed E-state index contributed by atoms with van der Waals surface area (Å²) in [5.74, 6) is -0.700. The SMILES string of the molecule is CC(C)(C)OC(=O)C1CN(Cc2ccc(-c3noc(CCC4(c5ccc(F)c(F)c5)CCCCC4)n3)cc2)C1. The van der Waals surface area contributed by atoms with Crippen molar-refractivity contribution in [3.05, 3.63) is 71.1 Å². The van der Waals surface area contributed by atoms with Crippen LogP contribution in [0.2, 0.25) is 0 Å². The van der Waals surface area contributed by atoms with E-state index in [0.29, 0.717) is 31.2 Å². The number of hydrogen-bond donors (Lipinski definition) is 0. The number of carbonyl (C=O) groups excluding carboxylic acids is 1. The molecule has 0 atom stereocenters. The van der Waals surface area contributed by atoms with Gasteiger partial charge in [0.15, 0.2) is 11.6 Å². The number of aryl methyl sites for hydroxylation is 1. The molecule has 0 amide bonds. The molecule has 2 heterocycles. The number of benzene rings is 2. The van der Waals surface area contributed by atoms with Crippen molar-refractivity contribution in [2.45, 2.75) is 83.3 Å². The third-order valence-electron chi connectivity index (χ3n) is 7.94. The van der Waals surface area contributed by atoms with Crippen LogP contribution in [-0.2, 0) is 27.9 Å². The highest BCUT2D eigenvalue weighted by atomic mass is 19.2. The molecule has 5 rings (SSSR count). The monoisotopic (exact) mass is 537 g/mol. The molecule has 1 aliphatic heterocycles. The Morgan fingerprint density at radius 2 is 1.77 bits per heavy atom. The Bertz CT molecular complexity index is 1290. The van der Waals surface area contributed by atoms with Gasteiger partial charge in [0.05, 0.1) is 5.92 Å². The third-order valence-corrected chi connectivity index (χ3v) is 7.94. The number of hydrogen-bond acceptors (Lipinski definition) is 6. The number of ether oxygens (including phenoxy) is 1. The van der Waals surface area contributed by atoms with Crippen LogP contribution in [0.4, 0.5) is 8.78 Å². The number of carbonyl (C=O) groups is 1. The Kier molecular flexibility index (Phi) is 7.85. The lowest BCUT2D eigenvalue weighted by atomic mass is 9.67. The van der Waals surface area contributed by atoms with E-state index >= 15 is 0 Å². The summed E-state index contributed by atoms with van der Waals surface area (Å²) >= 11 is 0. The summed E-state index contributed by atoms with van der Waals surface area (Å²) in [7, 11) is 0. The van der Waals surface area contributed by atoms with Gasteiger partial charge in [-0.05, 0) is 68.7 Å². The number of halogens is 2. The Labute approximate surface area is 228 Å². The molecule has 0 bridgehead atoms. The maximum Gasteiger partial charge on any atom is 0.312 e. The quantitative estimate of drug-likeness (QED) is 0.301. The molecule has 6 nitrogen and oxygen atoms in total. The van der Waals surface area contributed by atoms with Crippen molar-refractivity contribution >= 4 is 5.97 Å². The molecule has 2 aliphatic rings. The van der Waals surface area contributed by atoms with E-state index < -0.39 is 17.2 Å². The minimum Gasteiger partial charge on any atom is -0.460 e. The zero-order valence-electron chi connectivity index (χ0n) is 23.0. The van der Waals surface area contributed by atoms with Crippen LogP contribution < -0.4 is 0 Å². The lowest BCUT2D eigenvalue weighted by molar-refractivity contribution is -0.166. The summed E-state index contributed by atoms with van der Waals surface area (Å²) in [4.78, 5) is 19.0. The molecule has 1 saturated heterocycles. The molecular weight excluding hydrogens is 500 g/mol. The highest BCUT2D eigenvalue weighted by Gasteiger charge is 2.36. The maximum absolute atomic E-state index is 14.0. The van der Waals surface area contributed by atoms with E-state index in [2.05, 4.69) is 15.0 Å². The second kappa shape index (κ2) is 11.2. The summed E-state index contributed by atoms with van der Waals surface area (Å²) in [6, 6.07) is 12.4. The zero-order valence-corrected chi connectivity index (χ0v) is 23.0. The van der Waals surface area contributed by atoms with Gasteiger partial charge in [0, 0.05) is 31.6 Å². The first kappa shape index (κ1) is 27.4. The average molecular weight is 538 g/mol. The van der Waals surface area contributed by atoms with Crippen molar-refractivity contribution in [1.82, 2.24) is 15.0 Å². The summed E-state index contributed by atoms with van der Waals surface area (Å²) in [5.41, 5.74) is 2.22. The van der Waals surface area contributed by atoms with Crippen molar-refractivity contribution in [2.24, 2.45) is 5.92 Å². The van der Waals surface area contributed by atoms with Crippen LogP contribution in [0.5, 0.6) is 0 Å². The molecule has 39 heavy (non-hydrogen) atoms. The second-order valence-electron chi connectivity index (χ2n) is 12.1. The predicted octanol–water partition coefficient (Wildman–Crippen LogP) is 6.62. The molecule has 1 saturated carbocycles. The molecule has 1 aliphatic carbocycles. The largest absolute Gasteiger partial charge is 0.460 e. The third kappa shape index (κ3) is 6.55. The number of rotatable bonds is 8. The van der Waals surface area contributed by atoms with Gasteiger partial charge in [-0.3, -0.25) is 9.69 Å². The minimum atomic E-state index is -0.813. The highest BCUT2D eigenvalue weighted by molar-refractivity contribution is 5.74. The highest BCUT2D eigenvalue weighted by Crippen LogP contribution is 2.43. The van der Waals surface area contributed by atoms with Crippen molar-refractivity contribution < 1.29 is 22.8 Å². The summed E-state index contributed by atoms with van der Waals surface area (Å²) in [6.45, 7) is 7.84. The van der Waals surface area contributed by atoms with Gasteiger partial charge in [0.25, 0.3) is 0 Å². The van der Waals surface area contributed by atoms with Crippen LogP contribution in [0.3, 0.4) is 0 Å². The van der Waals surface area contributed by atoms with Crippen LogP contribution >= 0.6 is 0 Å². The van der Waals surface area contributed by atoms with Gasteiger partial charge < -0.3 is 9.26 Å². The number of nitrogens with zero attached hydrogens (tertiary/aromatic N) is 3. The van der Waals surface area contributed by atoms with E-state index in [1.807, 2.05) is 45.0 Å². The standard InChI is InChI=1S/C31H37F2N3O3/c1-30(2,3)38-29(37)23-19-36(20-23)18-21-7-9-22(10-8-21)28-34-27(39-35-28)13-16-31(14-5-4-6-15-31)24-11-12-25(32)26(33)17-24/h7-12,17,23H,4-6,13-16,18-20H2,1-3H3. The fourth-order valence-corrected chi connectivity index (χ4v) is 5.81. The van der Waals surface area contributed by atoms with Gasteiger partial charge in [-0.2, -0.15) is 4.98 Å². The molecule has 1 aromatic heterocycles. The molecular formula is C31H37F2N3O3. The van der Waals surface area contributed by atoms with E-state index in [0.717, 1.165) is 61.8 Å². The molecule has 0 spiro atoms. The maximum atomic E-state index is 14.0. The first-order valence-electron chi connectivity index (χ1n) is 13.9. The first-order valence-corrected chi connectivity index (χ1v) is 13.9. The Balaban J connectivity index is 1.17. The van der Waals surface area contributed by atoms with Crippen LogP contribution in [0.15, 0.2) is 47.0 Å². The summed E-state index contributed by atoms with van der Waals surface area (Å²) in [6.07, 6.45) is 6.51. The molecule has 208 valence electrons. The fraction of sp³-hybridized carbons (Fsp3) is 0.516. The van der Waals surface area contributed by atoms with Gasteiger partial charge in [-0.15, -0.1) is 0 Å². The number of aromatic nitrogens is 2. The van der Waals surface area contributed by atoms with Gasteiger partial charge in [-0.25, -0.2) is 8.78 Å². The summed E-state index contributed by atoms with van der Waals surface area (Å²) < 4.78 is 38.7. The van der Waals surface area contributed by atoms with E-state index in [-0.39, 0.29) is 17.3 Å². The first-order chi connectivity index (χ1) is 18.6. The van der Waals surface area contributed by atoms with E-state index in [9.17, 15) is 13.6 Å². The Morgan fingerprint density at radius 1 is 1.05 bits per heavy atom. The molecule has 8 heteroatoms. The topological polar surface area (TPSA) is 68.5 Å². The minimum absolute atomic E-state index is 0.0592. The van der Waals surface area contributed by atoms with Crippen LogP contribution in [0.1, 0.15) is 76.3 Å². The molecule has 2 aromatic carbocycles. The second-order valence-corrected chi connectivity index (χ2v) is 12.1. The Hall–Kier alpha value is -3.13. The molecule has 0 radical (unpaired) electrons. The lowest BCUT2D eigenvalue weighted by Gasteiger charge is -2.38. The smallest absolute Gasteiger partial charge is 0.312 e. The van der Waals surface area contributed by atoms with Crippen LogP contribution in [0, 0.1) is 17.6 Å². The van der Waals surface area contributed by atoms with E-state index in [1.54, 1.807) is 6.07 Å². The van der Waals surface area contributed by atoms with Crippen molar-refractivity contribution in [2.75, 3.05) is 13.1 Å². The van der Waals surface area contributed by atoms with Crippen molar-refractivity contribution in [3.63, 3.8) is 0 Å². The van der Waals surface area contributed by atoms with E-state index in [4.69, 9.17) is 9.26 Å². The van der Waals surface area contributed by atoms with Crippen LogP contribution in [0.25, 0.3) is 11.4 Å². The number of likely N-dealkylation sites (tertiary alicyclic amines) is 1. The van der Waals surface area contributed by atoms with Crippen LogP contribution in [-0.4, -0.2) is 39.7 Å². The van der Waals surface area contributed by atoms with Gasteiger partial charge in [0.1, 0.15) is 5.60 Å². The molecule has 0 N–H and O–H groups in total. The van der Waals surface area contributed by atoms with Crippen molar-refractivity contribution in [1.29, 1.82) is 0 Å². The van der Waals surface area contributed by atoms with Gasteiger partial charge in [0.2, 0.25) is 11.7 Å². The van der Waals surface area contributed by atoms with Crippen molar-refractivity contribution in [3.8, 4) is 11.4 Å². The van der Waals surface area contributed by atoms with E-state index in [1.165, 1.54) is 12.1 Å². The normalized spacial score (nSPS) is 18.1. The summed E-state index contributed by atoms with van der Waals surface area (Å²) in [5, 5.41) is 4.19. The molecule has 3 aromatic rings. The number of esters is 1. The lowest BCUT2D eigenvalue weighted by Crippen LogP contribution is -2.51. The predicted molar refractivity (Wildman–Crippen MR) is 144 cm³/mol. The zero-order chi connectivity index (χ0) is 27.6. The van der Waals surface area contributed by atoms with Gasteiger partial charge >= 0.3 is 5.97 Å². The fourth-order valence-electron chi connectivity index (χ4n) is 5.81. The Morgan fingerprint density at radius 3 is 2.44 bits per heavy atom. The molecule has 2 fully saturated rings.